The first-order valence-electron chi connectivity index (χ1n) is 12.4. The van der Waals surface area contributed by atoms with E-state index in [-0.39, 0.29) is 5.41 Å². The summed E-state index contributed by atoms with van der Waals surface area (Å²) in [6, 6.07) is 21.3. The van der Waals surface area contributed by atoms with Crippen molar-refractivity contribution in [3.05, 3.63) is 107 Å². The Morgan fingerprint density at radius 1 is 0.971 bits per heavy atom. The fourth-order valence-corrected chi connectivity index (χ4v) is 5.65. The Kier molecular flexibility index (Phi) is 8.04. The topological polar surface area (TPSA) is 21.6 Å². The van der Waals surface area contributed by atoms with Crippen molar-refractivity contribution >= 4 is 31.1 Å². The molecule has 0 bridgehead atoms. The molecular weight excluding hydrogens is 445 g/mol. The van der Waals surface area contributed by atoms with Crippen LogP contribution in [0.3, 0.4) is 0 Å². The van der Waals surface area contributed by atoms with Gasteiger partial charge < -0.3 is 4.74 Å². The molecule has 0 saturated heterocycles. The molecule has 3 heteroatoms. The molecule has 1 aliphatic carbocycles. The number of aryl methyl sites for hydroxylation is 2. The monoisotopic (exact) mass is 481 g/mol. The summed E-state index contributed by atoms with van der Waals surface area (Å²) in [6.07, 6.45) is 11.7. The van der Waals surface area contributed by atoms with Crippen LogP contribution in [0.4, 0.5) is 5.69 Å². The quantitative estimate of drug-likeness (QED) is 0.253. The standard InChI is InChI=1S/C32H36NOP/c1-23-13-12-16-26(21-33-28-17-10-7-11-18-28)31(23)35-29-20-27(32(3,4)5)19-24(2)30(29)34-22-25-14-8-6-9-15-25/h6-14,16-21,25,35H,15,22H2,1-5H3. The van der Waals surface area contributed by atoms with E-state index in [1.54, 1.807) is 0 Å². The molecule has 0 heterocycles. The molecule has 1 aliphatic rings. The van der Waals surface area contributed by atoms with E-state index >= 15 is 0 Å². The summed E-state index contributed by atoms with van der Waals surface area (Å²) < 4.78 is 6.54. The van der Waals surface area contributed by atoms with Crippen LogP contribution < -0.4 is 15.3 Å². The molecule has 0 spiro atoms. The predicted molar refractivity (Wildman–Crippen MR) is 154 cm³/mol. The zero-order chi connectivity index (χ0) is 24.8. The average Bonchev–Trinajstić information content (AvgIpc) is 2.84. The van der Waals surface area contributed by atoms with Gasteiger partial charge in [-0.15, -0.1) is 0 Å². The van der Waals surface area contributed by atoms with Gasteiger partial charge in [-0.25, -0.2) is 0 Å². The molecule has 0 aliphatic heterocycles. The molecule has 0 radical (unpaired) electrons. The number of para-hydroxylation sites is 1. The maximum absolute atomic E-state index is 6.54. The van der Waals surface area contributed by atoms with Gasteiger partial charge in [-0.3, -0.25) is 4.99 Å². The summed E-state index contributed by atoms with van der Waals surface area (Å²) in [6.45, 7) is 11.9. The molecular formula is C32H36NOP. The van der Waals surface area contributed by atoms with Crippen LogP contribution in [-0.2, 0) is 5.41 Å². The summed E-state index contributed by atoms with van der Waals surface area (Å²) >= 11 is 0. The maximum atomic E-state index is 6.54. The van der Waals surface area contributed by atoms with Crippen LogP contribution >= 0.6 is 8.58 Å². The van der Waals surface area contributed by atoms with E-state index in [1.807, 2.05) is 36.5 Å². The molecule has 0 saturated carbocycles. The van der Waals surface area contributed by atoms with E-state index in [4.69, 9.17) is 9.73 Å². The minimum absolute atomic E-state index is 0.0722. The fourth-order valence-electron chi connectivity index (χ4n) is 4.20. The molecule has 2 nitrogen and oxygen atoms in total. The molecule has 0 fully saturated rings. The third-order valence-corrected chi connectivity index (χ3v) is 7.90. The second-order valence-electron chi connectivity index (χ2n) is 10.3. The van der Waals surface area contributed by atoms with Gasteiger partial charge in [-0.1, -0.05) is 96.1 Å². The normalized spacial score (nSPS) is 16.0. The number of benzene rings is 3. The largest absolute Gasteiger partial charge is 0.492 e. The Labute approximate surface area is 212 Å². The first-order valence-corrected chi connectivity index (χ1v) is 13.4. The average molecular weight is 482 g/mol. The van der Waals surface area contributed by atoms with Gasteiger partial charge in [-0.05, 0) is 65.9 Å². The van der Waals surface area contributed by atoms with Gasteiger partial charge in [0.25, 0.3) is 0 Å². The lowest BCUT2D eigenvalue weighted by atomic mass is 9.86. The molecule has 0 amide bonds. The van der Waals surface area contributed by atoms with Crippen molar-refractivity contribution < 1.29 is 4.74 Å². The van der Waals surface area contributed by atoms with Crippen molar-refractivity contribution in [1.29, 1.82) is 0 Å². The Hall–Kier alpha value is -2.96. The number of aliphatic imine (C=N–C) groups is 1. The molecule has 0 aromatic heterocycles. The van der Waals surface area contributed by atoms with Crippen molar-refractivity contribution in [3.63, 3.8) is 0 Å². The number of rotatable bonds is 7. The molecule has 3 aromatic rings. The number of nitrogens with zero attached hydrogens (tertiary/aromatic N) is 1. The van der Waals surface area contributed by atoms with E-state index in [1.165, 1.54) is 27.3 Å². The van der Waals surface area contributed by atoms with E-state index in [9.17, 15) is 0 Å². The van der Waals surface area contributed by atoms with E-state index < -0.39 is 0 Å². The van der Waals surface area contributed by atoms with Gasteiger partial charge in [0.15, 0.2) is 0 Å². The van der Waals surface area contributed by atoms with Gasteiger partial charge in [-0.2, -0.15) is 0 Å². The van der Waals surface area contributed by atoms with Crippen LogP contribution in [-0.4, -0.2) is 12.8 Å². The summed E-state index contributed by atoms with van der Waals surface area (Å²) in [4.78, 5) is 4.75. The number of hydrogen-bond donors (Lipinski definition) is 0. The summed E-state index contributed by atoms with van der Waals surface area (Å²) in [5.41, 5.74) is 6.04. The Morgan fingerprint density at radius 2 is 1.77 bits per heavy atom. The zero-order valence-electron chi connectivity index (χ0n) is 21.5. The lowest BCUT2D eigenvalue weighted by molar-refractivity contribution is 0.276. The van der Waals surface area contributed by atoms with Gasteiger partial charge in [0.05, 0.1) is 12.3 Å². The number of allylic oxidation sites excluding steroid dienone is 3. The van der Waals surface area contributed by atoms with Crippen molar-refractivity contribution in [3.8, 4) is 5.75 Å². The zero-order valence-corrected chi connectivity index (χ0v) is 22.5. The molecule has 0 N–H and O–H groups in total. The maximum Gasteiger partial charge on any atom is 0.129 e. The van der Waals surface area contributed by atoms with Crippen molar-refractivity contribution in [1.82, 2.24) is 0 Å². The van der Waals surface area contributed by atoms with Gasteiger partial charge in [0, 0.05) is 23.0 Å². The summed E-state index contributed by atoms with van der Waals surface area (Å²) in [5, 5.41) is 2.59. The highest BCUT2D eigenvalue weighted by molar-refractivity contribution is 7.56. The molecule has 3 aromatic carbocycles. The first-order chi connectivity index (χ1) is 16.8. The number of hydrogen-bond acceptors (Lipinski definition) is 2. The molecule has 4 rings (SSSR count). The fraction of sp³-hybridized carbons (Fsp3) is 0.281. The van der Waals surface area contributed by atoms with Gasteiger partial charge >= 0.3 is 0 Å². The third kappa shape index (κ3) is 6.59. The Morgan fingerprint density at radius 3 is 2.49 bits per heavy atom. The second kappa shape index (κ2) is 11.2. The van der Waals surface area contributed by atoms with Crippen molar-refractivity contribution in [2.75, 3.05) is 6.61 Å². The van der Waals surface area contributed by atoms with Crippen molar-refractivity contribution in [2.45, 2.75) is 46.5 Å². The molecule has 2 unspecified atom stereocenters. The van der Waals surface area contributed by atoms with Crippen LogP contribution in [0.1, 0.15) is 49.4 Å². The lowest BCUT2D eigenvalue weighted by Crippen LogP contribution is -2.21. The van der Waals surface area contributed by atoms with Crippen LogP contribution in [0.2, 0.25) is 0 Å². The molecule has 180 valence electrons. The first kappa shape index (κ1) is 25.1. The summed E-state index contributed by atoms with van der Waals surface area (Å²) in [5.74, 6) is 1.46. The van der Waals surface area contributed by atoms with Crippen LogP contribution in [0.15, 0.2) is 90.0 Å². The molecule has 2 atom stereocenters. The van der Waals surface area contributed by atoms with E-state index in [0.717, 1.165) is 23.4 Å². The SMILES string of the molecule is Cc1cc(C(C)(C)C)cc(Pc2c(C)cccc2C=Nc2ccccc2)c1OCC1C=CC=CC1. The second-order valence-corrected chi connectivity index (χ2v) is 11.6. The smallest absolute Gasteiger partial charge is 0.129 e. The van der Waals surface area contributed by atoms with Crippen LogP contribution in [0, 0.1) is 19.8 Å². The third-order valence-electron chi connectivity index (χ3n) is 6.33. The Bertz CT molecular complexity index is 1250. The minimum Gasteiger partial charge on any atom is -0.492 e. The predicted octanol–water partition coefficient (Wildman–Crippen LogP) is 7.49. The summed E-state index contributed by atoms with van der Waals surface area (Å²) in [7, 11) is 0.483. The minimum atomic E-state index is 0.0722. The van der Waals surface area contributed by atoms with Crippen LogP contribution in [0.5, 0.6) is 5.75 Å². The highest BCUT2D eigenvalue weighted by Gasteiger charge is 2.20. The highest BCUT2D eigenvalue weighted by atomic mass is 31.1. The van der Waals surface area contributed by atoms with E-state index in [2.05, 4.69) is 89.3 Å². The highest BCUT2D eigenvalue weighted by Crippen LogP contribution is 2.32. The Balaban J connectivity index is 1.70. The van der Waals surface area contributed by atoms with E-state index in [0.29, 0.717) is 21.1 Å². The lowest BCUT2D eigenvalue weighted by Gasteiger charge is -2.25. The van der Waals surface area contributed by atoms with Crippen LogP contribution in [0.25, 0.3) is 0 Å². The van der Waals surface area contributed by atoms with Crippen molar-refractivity contribution in [2.24, 2.45) is 10.9 Å². The number of ether oxygens (including phenoxy) is 1. The van der Waals surface area contributed by atoms with Gasteiger partial charge in [0.1, 0.15) is 5.75 Å². The molecule has 35 heavy (non-hydrogen) atoms. The van der Waals surface area contributed by atoms with Gasteiger partial charge in [0.2, 0.25) is 0 Å².